The Bertz CT molecular complexity index is 204. The third-order valence-electron chi connectivity index (χ3n) is 3.30. The standard InChI is InChI=1S/C11H17N/c1-3-8(2)12-11-6-4-5-9-7-10(9)11/h1,8-12H,4-7H2,2H3. The van der Waals surface area contributed by atoms with E-state index in [1.807, 2.05) is 0 Å². The molecule has 0 aromatic carbocycles. The summed E-state index contributed by atoms with van der Waals surface area (Å²) in [4.78, 5) is 0. The molecule has 2 rings (SSSR count). The lowest BCUT2D eigenvalue weighted by atomic mass is 9.95. The van der Waals surface area contributed by atoms with E-state index in [9.17, 15) is 0 Å². The van der Waals surface area contributed by atoms with E-state index in [-0.39, 0.29) is 6.04 Å². The predicted octanol–water partition coefficient (Wildman–Crippen LogP) is 1.79. The molecule has 0 aromatic heterocycles. The molecule has 0 spiro atoms. The van der Waals surface area contributed by atoms with E-state index in [1.165, 1.54) is 25.7 Å². The molecule has 0 aromatic rings. The van der Waals surface area contributed by atoms with Gasteiger partial charge in [-0.15, -0.1) is 6.42 Å². The van der Waals surface area contributed by atoms with Crippen molar-refractivity contribution in [2.24, 2.45) is 11.8 Å². The predicted molar refractivity (Wildman–Crippen MR) is 50.7 cm³/mol. The lowest BCUT2D eigenvalue weighted by Gasteiger charge is -2.24. The van der Waals surface area contributed by atoms with Gasteiger partial charge in [0.25, 0.3) is 0 Å². The molecule has 0 bridgehead atoms. The van der Waals surface area contributed by atoms with Crippen LogP contribution < -0.4 is 5.32 Å². The van der Waals surface area contributed by atoms with E-state index in [1.54, 1.807) is 0 Å². The van der Waals surface area contributed by atoms with Gasteiger partial charge >= 0.3 is 0 Å². The largest absolute Gasteiger partial charge is 0.301 e. The first kappa shape index (κ1) is 8.13. The fraction of sp³-hybridized carbons (Fsp3) is 0.818. The molecule has 66 valence electrons. The first-order valence-corrected chi connectivity index (χ1v) is 5.03. The Kier molecular flexibility index (Phi) is 2.11. The van der Waals surface area contributed by atoms with E-state index < -0.39 is 0 Å². The number of hydrogen-bond acceptors (Lipinski definition) is 1. The second-order valence-corrected chi connectivity index (χ2v) is 4.25. The molecule has 1 nitrogen and oxygen atoms in total. The van der Waals surface area contributed by atoms with Crippen molar-refractivity contribution in [3.8, 4) is 12.3 Å². The van der Waals surface area contributed by atoms with Crippen LogP contribution in [0, 0.1) is 24.2 Å². The van der Waals surface area contributed by atoms with Gasteiger partial charge in [-0.25, -0.2) is 0 Å². The van der Waals surface area contributed by atoms with Crippen LogP contribution in [0.2, 0.25) is 0 Å². The average Bonchev–Trinajstić information content (AvgIpc) is 2.84. The molecule has 1 N–H and O–H groups in total. The van der Waals surface area contributed by atoms with Gasteiger partial charge in [0, 0.05) is 6.04 Å². The smallest absolute Gasteiger partial charge is 0.0660 e. The van der Waals surface area contributed by atoms with Gasteiger partial charge in [-0.2, -0.15) is 0 Å². The Morgan fingerprint density at radius 3 is 3.08 bits per heavy atom. The molecule has 2 aliphatic carbocycles. The summed E-state index contributed by atoms with van der Waals surface area (Å²) >= 11 is 0. The highest BCUT2D eigenvalue weighted by atomic mass is 15.0. The minimum atomic E-state index is 0.259. The molecule has 1 heteroatoms. The molecule has 4 atom stereocenters. The zero-order valence-corrected chi connectivity index (χ0v) is 7.72. The van der Waals surface area contributed by atoms with E-state index in [2.05, 4.69) is 18.2 Å². The molecule has 2 fully saturated rings. The molecule has 0 saturated heterocycles. The van der Waals surface area contributed by atoms with Crippen molar-refractivity contribution in [2.75, 3.05) is 0 Å². The van der Waals surface area contributed by atoms with Crippen molar-refractivity contribution in [3.05, 3.63) is 0 Å². The highest BCUT2D eigenvalue weighted by Crippen LogP contribution is 2.49. The maximum atomic E-state index is 5.34. The lowest BCUT2D eigenvalue weighted by Crippen LogP contribution is -2.38. The fourth-order valence-electron chi connectivity index (χ4n) is 2.49. The summed E-state index contributed by atoms with van der Waals surface area (Å²) < 4.78 is 0. The summed E-state index contributed by atoms with van der Waals surface area (Å²) in [5, 5.41) is 3.52. The van der Waals surface area contributed by atoms with Gasteiger partial charge in [-0.1, -0.05) is 18.8 Å². The third-order valence-corrected chi connectivity index (χ3v) is 3.30. The van der Waals surface area contributed by atoms with E-state index in [0.717, 1.165) is 17.9 Å². The Hall–Kier alpha value is -0.480. The third kappa shape index (κ3) is 1.49. The summed E-state index contributed by atoms with van der Waals surface area (Å²) in [5.41, 5.74) is 0. The summed E-state index contributed by atoms with van der Waals surface area (Å²) in [5.74, 6) is 4.75. The summed E-state index contributed by atoms with van der Waals surface area (Å²) in [6.45, 7) is 2.08. The van der Waals surface area contributed by atoms with Gasteiger partial charge in [-0.3, -0.25) is 0 Å². The van der Waals surface area contributed by atoms with Crippen molar-refractivity contribution in [1.82, 2.24) is 5.32 Å². The van der Waals surface area contributed by atoms with Crippen LogP contribution in [-0.4, -0.2) is 12.1 Å². The number of terminal acetylenes is 1. The zero-order valence-electron chi connectivity index (χ0n) is 7.72. The second kappa shape index (κ2) is 3.11. The Balaban J connectivity index is 1.84. The Morgan fingerprint density at radius 1 is 1.50 bits per heavy atom. The number of hydrogen-bond donors (Lipinski definition) is 1. The van der Waals surface area contributed by atoms with E-state index in [0.29, 0.717) is 0 Å². The maximum absolute atomic E-state index is 5.34. The van der Waals surface area contributed by atoms with Crippen LogP contribution in [0.5, 0.6) is 0 Å². The molecule has 2 aliphatic rings. The van der Waals surface area contributed by atoms with Gasteiger partial charge < -0.3 is 5.32 Å². The molecular weight excluding hydrogens is 146 g/mol. The van der Waals surface area contributed by atoms with Gasteiger partial charge in [-0.05, 0) is 31.6 Å². The van der Waals surface area contributed by atoms with Gasteiger partial charge in [0.1, 0.15) is 0 Å². The molecule has 0 heterocycles. The first-order chi connectivity index (χ1) is 5.81. The van der Waals surface area contributed by atoms with Crippen molar-refractivity contribution in [2.45, 2.75) is 44.7 Å². The van der Waals surface area contributed by atoms with E-state index in [4.69, 9.17) is 6.42 Å². The van der Waals surface area contributed by atoms with Crippen LogP contribution in [-0.2, 0) is 0 Å². The van der Waals surface area contributed by atoms with Crippen LogP contribution in [0.15, 0.2) is 0 Å². The molecular formula is C11H17N. The Morgan fingerprint density at radius 2 is 2.33 bits per heavy atom. The first-order valence-electron chi connectivity index (χ1n) is 5.03. The van der Waals surface area contributed by atoms with Crippen LogP contribution >= 0.6 is 0 Å². The van der Waals surface area contributed by atoms with Gasteiger partial charge in [0.2, 0.25) is 0 Å². The topological polar surface area (TPSA) is 12.0 Å². The quantitative estimate of drug-likeness (QED) is 0.612. The highest BCUT2D eigenvalue weighted by molar-refractivity contribution is 5.03. The Labute approximate surface area is 74.9 Å². The normalized spacial score (nSPS) is 41.2. The number of fused-ring (bicyclic) bond motifs is 1. The molecule has 2 saturated carbocycles. The molecule has 0 radical (unpaired) electrons. The van der Waals surface area contributed by atoms with Crippen molar-refractivity contribution in [3.63, 3.8) is 0 Å². The number of nitrogens with one attached hydrogen (secondary N) is 1. The van der Waals surface area contributed by atoms with Crippen LogP contribution in [0.4, 0.5) is 0 Å². The molecule has 12 heavy (non-hydrogen) atoms. The SMILES string of the molecule is C#CC(C)NC1CCCC2CC21. The summed E-state index contributed by atoms with van der Waals surface area (Å²) in [6, 6.07) is 0.990. The van der Waals surface area contributed by atoms with Crippen LogP contribution in [0.1, 0.15) is 32.6 Å². The van der Waals surface area contributed by atoms with Crippen molar-refractivity contribution < 1.29 is 0 Å². The zero-order chi connectivity index (χ0) is 8.55. The maximum Gasteiger partial charge on any atom is 0.0660 e. The second-order valence-electron chi connectivity index (χ2n) is 4.25. The van der Waals surface area contributed by atoms with E-state index >= 15 is 0 Å². The number of rotatable bonds is 2. The molecule has 4 unspecified atom stereocenters. The van der Waals surface area contributed by atoms with Gasteiger partial charge in [0.15, 0.2) is 0 Å². The molecule has 0 amide bonds. The van der Waals surface area contributed by atoms with Crippen LogP contribution in [0.3, 0.4) is 0 Å². The lowest BCUT2D eigenvalue weighted by molar-refractivity contribution is 0.345. The minimum Gasteiger partial charge on any atom is -0.301 e. The van der Waals surface area contributed by atoms with Crippen molar-refractivity contribution >= 4 is 0 Å². The highest BCUT2D eigenvalue weighted by Gasteiger charge is 2.45. The fourth-order valence-corrected chi connectivity index (χ4v) is 2.49. The summed E-state index contributed by atoms with van der Waals surface area (Å²) in [7, 11) is 0. The van der Waals surface area contributed by atoms with Crippen molar-refractivity contribution in [1.29, 1.82) is 0 Å². The average molecular weight is 163 g/mol. The molecule has 0 aliphatic heterocycles. The minimum absolute atomic E-state index is 0.259. The van der Waals surface area contributed by atoms with Gasteiger partial charge in [0.05, 0.1) is 6.04 Å². The monoisotopic (exact) mass is 163 g/mol. The van der Waals surface area contributed by atoms with Crippen LogP contribution in [0.25, 0.3) is 0 Å². The summed E-state index contributed by atoms with van der Waals surface area (Å²) in [6.07, 6.45) is 11.0.